The molecule has 0 spiro atoms. The summed E-state index contributed by atoms with van der Waals surface area (Å²) in [5, 5.41) is 4.41. The first kappa shape index (κ1) is 20.3. The number of likely N-dealkylation sites (N-methyl/N-ethyl adjacent to an activating group) is 1. The Labute approximate surface area is 178 Å². The molecule has 3 aromatic rings. The molecule has 1 unspecified atom stereocenters. The quantitative estimate of drug-likeness (QED) is 0.606. The van der Waals surface area contributed by atoms with E-state index in [1.54, 1.807) is 6.20 Å². The Balaban J connectivity index is 1.39. The number of piperidine rings is 1. The summed E-state index contributed by atoms with van der Waals surface area (Å²) in [5.41, 5.74) is 3.11. The van der Waals surface area contributed by atoms with Gasteiger partial charge in [0.05, 0.1) is 18.3 Å². The lowest BCUT2D eigenvalue weighted by Gasteiger charge is -2.39. The number of hydrogen-bond acceptors (Lipinski definition) is 4. The van der Waals surface area contributed by atoms with Gasteiger partial charge >= 0.3 is 0 Å². The van der Waals surface area contributed by atoms with E-state index in [1.165, 1.54) is 11.1 Å². The van der Waals surface area contributed by atoms with Crippen molar-refractivity contribution in [2.75, 3.05) is 19.6 Å². The van der Waals surface area contributed by atoms with Crippen LogP contribution in [-0.4, -0.2) is 56.1 Å². The zero-order chi connectivity index (χ0) is 20.8. The Morgan fingerprint density at radius 3 is 2.70 bits per heavy atom. The Bertz CT molecular complexity index is 940. The molecule has 1 fully saturated rings. The second-order valence-electron chi connectivity index (χ2n) is 7.88. The number of carbonyl (C=O) groups is 1. The fourth-order valence-electron chi connectivity index (χ4n) is 4.17. The van der Waals surface area contributed by atoms with Gasteiger partial charge in [0.1, 0.15) is 0 Å². The normalized spacial score (nSPS) is 16.7. The summed E-state index contributed by atoms with van der Waals surface area (Å²) < 4.78 is 1.84. The van der Waals surface area contributed by atoms with Crippen molar-refractivity contribution in [2.45, 2.75) is 38.9 Å². The lowest BCUT2D eigenvalue weighted by Crippen LogP contribution is -2.49. The van der Waals surface area contributed by atoms with Gasteiger partial charge < -0.3 is 4.90 Å². The minimum absolute atomic E-state index is 0.0824. The highest BCUT2D eigenvalue weighted by Gasteiger charge is 2.28. The molecule has 1 saturated heterocycles. The molecule has 1 aliphatic rings. The Hall–Kier alpha value is -2.99. The van der Waals surface area contributed by atoms with Gasteiger partial charge in [-0.2, -0.15) is 5.10 Å². The number of pyridine rings is 1. The third kappa shape index (κ3) is 4.94. The van der Waals surface area contributed by atoms with Crippen LogP contribution in [0.5, 0.6) is 0 Å². The van der Waals surface area contributed by atoms with Crippen LogP contribution in [0.15, 0.2) is 67.3 Å². The highest BCUT2D eigenvalue weighted by Crippen LogP contribution is 2.20. The van der Waals surface area contributed by atoms with Crippen LogP contribution >= 0.6 is 0 Å². The van der Waals surface area contributed by atoms with E-state index in [0.29, 0.717) is 18.2 Å². The molecule has 6 heteroatoms. The first-order valence-electron chi connectivity index (χ1n) is 10.7. The second-order valence-corrected chi connectivity index (χ2v) is 7.88. The van der Waals surface area contributed by atoms with E-state index < -0.39 is 0 Å². The average Bonchev–Trinajstić information content (AvgIpc) is 3.27. The van der Waals surface area contributed by atoms with Gasteiger partial charge in [-0.3, -0.25) is 19.4 Å². The standard InChI is InChI=1S/C24H29N5O/c1-2-27(16-21-10-12-25-13-11-21)23-9-6-14-28(19-23)24(30)22-15-26-29(18-22)17-20-7-4-3-5-8-20/h3-5,7-8,10-13,15,18,23H,2,6,9,14,16-17,19H2,1H3. The second kappa shape index (κ2) is 9.67. The molecule has 6 nitrogen and oxygen atoms in total. The van der Waals surface area contributed by atoms with Crippen molar-refractivity contribution in [1.29, 1.82) is 0 Å². The Morgan fingerprint density at radius 1 is 1.13 bits per heavy atom. The molecule has 1 atom stereocenters. The maximum Gasteiger partial charge on any atom is 0.257 e. The fourth-order valence-corrected chi connectivity index (χ4v) is 4.17. The van der Waals surface area contributed by atoms with Gasteiger partial charge in [-0.1, -0.05) is 37.3 Å². The number of aromatic nitrogens is 3. The van der Waals surface area contributed by atoms with E-state index in [4.69, 9.17) is 0 Å². The maximum atomic E-state index is 13.1. The first-order valence-corrected chi connectivity index (χ1v) is 10.7. The molecule has 30 heavy (non-hydrogen) atoms. The van der Waals surface area contributed by atoms with Crippen molar-refractivity contribution in [3.63, 3.8) is 0 Å². The molecule has 0 aliphatic carbocycles. The Morgan fingerprint density at radius 2 is 1.93 bits per heavy atom. The van der Waals surface area contributed by atoms with Gasteiger partial charge in [-0.25, -0.2) is 0 Å². The van der Waals surface area contributed by atoms with Crippen LogP contribution in [0.2, 0.25) is 0 Å². The molecule has 3 heterocycles. The minimum Gasteiger partial charge on any atom is -0.337 e. The molecule has 0 radical (unpaired) electrons. The highest BCUT2D eigenvalue weighted by atomic mass is 16.2. The summed E-state index contributed by atoms with van der Waals surface area (Å²) in [6.45, 7) is 6.29. The number of likely N-dealkylation sites (tertiary alicyclic amines) is 1. The minimum atomic E-state index is 0.0824. The largest absolute Gasteiger partial charge is 0.337 e. The molecule has 0 N–H and O–H groups in total. The third-order valence-electron chi connectivity index (χ3n) is 5.81. The van der Waals surface area contributed by atoms with Gasteiger partial charge in [0.25, 0.3) is 5.91 Å². The molecule has 156 valence electrons. The summed E-state index contributed by atoms with van der Waals surface area (Å²) in [5.74, 6) is 0.0824. The maximum absolute atomic E-state index is 13.1. The van der Waals surface area contributed by atoms with Crippen LogP contribution in [-0.2, 0) is 13.1 Å². The van der Waals surface area contributed by atoms with Gasteiger partial charge in [-0.15, -0.1) is 0 Å². The molecular formula is C24H29N5O. The smallest absolute Gasteiger partial charge is 0.257 e. The molecule has 1 aromatic carbocycles. The fraction of sp³-hybridized carbons (Fsp3) is 0.375. The van der Waals surface area contributed by atoms with E-state index in [0.717, 1.165) is 39.0 Å². The van der Waals surface area contributed by atoms with E-state index >= 15 is 0 Å². The van der Waals surface area contributed by atoms with Crippen LogP contribution < -0.4 is 0 Å². The van der Waals surface area contributed by atoms with Gasteiger partial charge in [0.15, 0.2) is 0 Å². The number of nitrogens with zero attached hydrogens (tertiary/aromatic N) is 5. The summed E-state index contributed by atoms with van der Waals surface area (Å²) >= 11 is 0. The van der Waals surface area contributed by atoms with E-state index in [-0.39, 0.29) is 5.91 Å². The number of rotatable bonds is 7. The van der Waals surface area contributed by atoms with E-state index in [9.17, 15) is 4.79 Å². The molecule has 0 bridgehead atoms. The van der Waals surface area contributed by atoms with Gasteiger partial charge in [0.2, 0.25) is 0 Å². The highest BCUT2D eigenvalue weighted by molar-refractivity contribution is 5.93. The molecule has 0 saturated carbocycles. The lowest BCUT2D eigenvalue weighted by atomic mass is 10.0. The monoisotopic (exact) mass is 403 g/mol. The molecule has 2 aromatic heterocycles. The lowest BCUT2D eigenvalue weighted by molar-refractivity contribution is 0.0569. The summed E-state index contributed by atoms with van der Waals surface area (Å²) in [7, 11) is 0. The topological polar surface area (TPSA) is 54.3 Å². The van der Waals surface area contributed by atoms with Crippen molar-refractivity contribution in [2.24, 2.45) is 0 Å². The number of carbonyl (C=O) groups excluding carboxylic acids is 1. The van der Waals surface area contributed by atoms with Crippen LogP contribution in [0, 0.1) is 0 Å². The van der Waals surface area contributed by atoms with Crippen LogP contribution in [0.3, 0.4) is 0 Å². The number of amides is 1. The zero-order valence-corrected chi connectivity index (χ0v) is 17.5. The predicted octanol–water partition coefficient (Wildman–Crippen LogP) is 3.45. The molecular weight excluding hydrogens is 374 g/mol. The first-order chi connectivity index (χ1) is 14.7. The average molecular weight is 404 g/mol. The molecule has 4 rings (SSSR count). The van der Waals surface area contributed by atoms with Crippen molar-refractivity contribution in [1.82, 2.24) is 24.6 Å². The van der Waals surface area contributed by atoms with E-state index in [1.807, 2.05) is 46.4 Å². The van der Waals surface area contributed by atoms with Crippen molar-refractivity contribution in [3.8, 4) is 0 Å². The molecule has 1 amide bonds. The van der Waals surface area contributed by atoms with Crippen LogP contribution in [0.4, 0.5) is 0 Å². The number of benzene rings is 1. The summed E-state index contributed by atoms with van der Waals surface area (Å²) in [4.78, 5) is 21.7. The Kier molecular flexibility index (Phi) is 6.54. The van der Waals surface area contributed by atoms with Crippen molar-refractivity contribution in [3.05, 3.63) is 83.9 Å². The number of hydrogen-bond donors (Lipinski definition) is 0. The molecule has 1 aliphatic heterocycles. The third-order valence-corrected chi connectivity index (χ3v) is 5.81. The van der Waals surface area contributed by atoms with E-state index in [2.05, 4.69) is 46.2 Å². The van der Waals surface area contributed by atoms with Crippen molar-refractivity contribution < 1.29 is 4.79 Å². The van der Waals surface area contributed by atoms with Crippen molar-refractivity contribution >= 4 is 5.91 Å². The zero-order valence-electron chi connectivity index (χ0n) is 17.5. The van der Waals surface area contributed by atoms with Gasteiger partial charge in [0, 0.05) is 44.3 Å². The summed E-state index contributed by atoms with van der Waals surface area (Å²) in [6.07, 6.45) is 9.40. The predicted molar refractivity (Wildman–Crippen MR) is 117 cm³/mol. The van der Waals surface area contributed by atoms with Crippen LogP contribution in [0.25, 0.3) is 0 Å². The van der Waals surface area contributed by atoms with Crippen LogP contribution in [0.1, 0.15) is 41.3 Å². The van der Waals surface area contributed by atoms with Gasteiger partial charge in [-0.05, 0) is 42.6 Å². The summed E-state index contributed by atoms with van der Waals surface area (Å²) in [6, 6.07) is 14.7. The SMILES string of the molecule is CCN(Cc1ccncc1)C1CCCN(C(=O)c2cnn(Cc3ccccc3)c2)C1.